The Morgan fingerprint density at radius 1 is 1.00 bits per heavy atom. The van der Waals surface area contributed by atoms with E-state index in [1.165, 1.54) is 33.5 Å². The van der Waals surface area contributed by atoms with E-state index in [1.54, 1.807) is 12.1 Å². The van der Waals surface area contributed by atoms with E-state index in [4.69, 9.17) is 14.2 Å². The molecule has 0 atom stereocenters. The van der Waals surface area contributed by atoms with Crippen LogP contribution in [-0.2, 0) is 12.7 Å². The quantitative estimate of drug-likeness (QED) is 0.701. The molecule has 0 saturated heterocycles. The summed E-state index contributed by atoms with van der Waals surface area (Å²) in [7, 11) is 4.48. The molecule has 2 aromatic heterocycles. The van der Waals surface area contributed by atoms with Crippen LogP contribution in [0.1, 0.15) is 11.4 Å². The van der Waals surface area contributed by atoms with Crippen LogP contribution in [0, 0.1) is 0 Å². The number of nitrogens with zero attached hydrogens (tertiary/aromatic N) is 4. The predicted octanol–water partition coefficient (Wildman–Crippen LogP) is 2.78. The number of nitrogens with one attached hydrogen (secondary N) is 1. The minimum atomic E-state index is -4.65. The van der Waals surface area contributed by atoms with E-state index in [9.17, 15) is 13.2 Å². The molecule has 0 fully saturated rings. The van der Waals surface area contributed by atoms with Crippen molar-refractivity contribution in [2.45, 2.75) is 12.7 Å². The molecule has 0 amide bonds. The first-order valence-electron chi connectivity index (χ1n) is 7.69. The van der Waals surface area contributed by atoms with Crippen LogP contribution in [0.5, 0.6) is 17.2 Å². The second kappa shape index (κ2) is 7.17. The van der Waals surface area contributed by atoms with Gasteiger partial charge in [-0.1, -0.05) is 0 Å². The number of hydrogen-bond donors (Lipinski definition) is 1. The fourth-order valence-electron chi connectivity index (χ4n) is 2.49. The number of benzene rings is 1. The SMILES string of the molecule is COc1cc(CNc2ccc3nnc(C(F)(F)F)n3n2)cc(OC)c1OC. The molecule has 144 valence electrons. The lowest BCUT2D eigenvalue weighted by atomic mass is 10.1. The van der Waals surface area contributed by atoms with Crippen molar-refractivity contribution in [2.75, 3.05) is 26.6 Å². The highest BCUT2D eigenvalue weighted by Gasteiger charge is 2.37. The highest BCUT2D eigenvalue weighted by atomic mass is 19.4. The third-order valence-electron chi connectivity index (χ3n) is 3.71. The maximum atomic E-state index is 12.9. The van der Waals surface area contributed by atoms with Crippen molar-refractivity contribution in [1.82, 2.24) is 19.8 Å². The van der Waals surface area contributed by atoms with Crippen LogP contribution in [0.25, 0.3) is 5.65 Å². The number of ether oxygens (including phenoxy) is 3. The summed E-state index contributed by atoms with van der Waals surface area (Å²) >= 11 is 0. The molecule has 0 saturated carbocycles. The van der Waals surface area contributed by atoms with E-state index in [-0.39, 0.29) is 18.0 Å². The Balaban J connectivity index is 1.86. The maximum absolute atomic E-state index is 12.9. The van der Waals surface area contributed by atoms with Crippen molar-refractivity contribution in [3.63, 3.8) is 0 Å². The zero-order valence-electron chi connectivity index (χ0n) is 14.7. The van der Waals surface area contributed by atoms with E-state index in [0.29, 0.717) is 21.8 Å². The first-order valence-corrected chi connectivity index (χ1v) is 7.69. The van der Waals surface area contributed by atoms with Gasteiger partial charge in [0, 0.05) is 6.54 Å². The molecule has 11 heteroatoms. The Labute approximate surface area is 151 Å². The Morgan fingerprint density at radius 3 is 2.22 bits per heavy atom. The average molecular weight is 383 g/mol. The lowest BCUT2D eigenvalue weighted by Gasteiger charge is -2.14. The van der Waals surface area contributed by atoms with E-state index in [1.807, 2.05) is 0 Å². The van der Waals surface area contributed by atoms with E-state index >= 15 is 0 Å². The van der Waals surface area contributed by atoms with Crippen LogP contribution >= 0.6 is 0 Å². The van der Waals surface area contributed by atoms with Gasteiger partial charge in [0.05, 0.1) is 21.3 Å². The number of hydrogen-bond acceptors (Lipinski definition) is 7. The summed E-state index contributed by atoms with van der Waals surface area (Å²) in [5.74, 6) is 0.420. The van der Waals surface area contributed by atoms with Gasteiger partial charge in [-0.2, -0.15) is 17.7 Å². The molecule has 0 bridgehead atoms. The van der Waals surface area contributed by atoms with Crippen molar-refractivity contribution >= 4 is 11.5 Å². The number of aromatic nitrogens is 4. The second-order valence-electron chi connectivity index (χ2n) is 5.40. The van der Waals surface area contributed by atoms with Crippen LogP contribution in [0.15, 0.2) is 24.3 Å². The van der Waals surface area contributed by atoms with Crippen LogP contribution in [0.2, 0.25) is 0 Å². The van der Waals surface area contributed by atoms with Gasteiger partial charge in [-0.3, -0.25) is 0 Å². The smallest absolute Gasteiger partial charge is 0.453 e. The first-order chi connectivity index (χ1) is 12.9. The molecular formula is C16H16F3N5O3. The zero-order chi connectivity index (χ0) is 19.6. The molecular weight excluding hydrogens is 367 g/mol. The topological polar surface area (TPSA) is 82.8 Å². The van der Waals surface area contributed by atoms with Crippen molar-refractivity contribution < 1.29 is 27.4 Å². The average Bonchev–Trinajstić information content (AvgIpc) is 3.08. The third-order valence-corrected chi connectivity index (χ3v) is 3.71. The predicted molar refractivity (Wildman–Crippen MR) is 89.2 cm³/mol. The molecule has 1 aromatic carbocycles. The van der Waals surface area contributed by atoms with Gasteiger partial charge in [-0.05, 0) is 29.8 Å². The number of halogens is 3. The van der Waals surface area contributed by atoms with Gasteiger partial charge in [-0.25, -0.2) is 0 Å². The van der Waals surface area contributed by atoms with Gasteiger partial charge in [0.15, 0.2) is 17.1 Å². The molecule has 3 aromatic rings. The summed E-state index contributed by atoms with van der Waals surface area (Å²) in [5, 5.41) is 13.5. The van der Waals surface area contributed by atoms with Gasteiger partial charge in [0.2, 0.25) is 5.75 Å². The van der Waals surface area contributed by atoms with Crippen LogP contribution in [0.4, 0.5) is 19.0 Å². The minimum Gasteiger partial charge on any atom is -0.493 e. The number of anilines is 1. The normalized spacial score (nSPS) is 11.5. The van der Waals surface area contributed by atoms with Gasteiger partial charge in [-0.15, -0.1) is 15.3 Å². The van der Waals surface area contributed by atoms with Crippen LogP contribution < -0.4 is 19.5 Å². The highest BCUT2D eigenvalue weighted by molar-refractivity contribution is 5.54. The number of alkyl halides is 3. The lowest BCUT2D eigenvalue weighted by Crippen LogP contribution is -2.13. The first kappa shape index (κ1) is 18.5. The summed E-state index contributed by atoms with van der Waals surface area (Å²) in [6.45, 7) is 0.263. The number of rotatable bonds is 6. The summed E-state index contributed by atoms with van der Waals surface area (Å²) in [4.78, 5) is 0. The molecule has 0 aliphatic heterocycles. The highest BCUT2D eigenvalue weighted by Crippen LogP contribution is 2.38. The lowest BCUT2D eigenvalue weighted by molar-refractivity contribution is -0.146. The standard InChI is InChI=1S/C16H16F3N5O3/c1-25-10-6-9(7-11(26-2)14(10)27-3)8-20-12-4-5-13-21-22-15(16(17,18)19)24(13)23-12/h4-7H,8H2,1-3H3,(H,20,23). The number of methoxy groups -OCH3 is 3. The Kier molecular flexibility index (Phi) is 4.93. The largest absolute Gasteiger partial charge is 0.493 e. The monoisotopic (exact) mass is 383 g/mol. The zero-order valence-corrected chi connectivity index (χ0v) is 14.7. The molecule has 2 heterocycles. The molecule has 0 radical (unpaired) electrons. The fraction of sp³-hybridized carbons (Fsp3) is 0.312. The van der Waals surface area contributed by atoms with Crippen molar-refractivity contribution in [2.24, 2.45) is 0 Å². The van der Waals surface area contributed by atoms with Crippen LogP contribution in [0.3, 0.4) is 0 Å². The molecule has 0 aliphatic rings. The minimum absolute atomic E-state index is 0.000612. The summed E-state index contributed by atoms with van der Waals surface area (Å²) in [6, 6.07) is 6.37. The molecule has 3 rings (SSSR count). The summed E-state index contributed by atoms with van der Waals surface area (Å²) in [5.41, 5.74) is 0.756. The van der Waals surface area contributed by atoms with E-state index < -0.39 is 12.0 Å². The summed E-state index contributed by atoms with van der Waals surface area (Å²) < 4.78 is 55.3. The Hall–Kier alpha value is -3.24. The van der Waals surface area contributed by atoms with Crippen molar-refractivity contribution in [1.29, 1.82) is 0 Å². The van der Waals surface area contributed by atoms with E-state index in [2.05, 4.69) is 20.6 Å². The van der Waals surface area contributed by atoms with Crippen molar-refractivity contribution in [3.05, 3.63) is 35.7 Å². The van der Waals surface area contributed by atoms with E-state index in [0.717, 1.165) is 5.56 Å². The van der Waals surface area contributed by atoms with Gasteiger partial charge >= 0.3 is 6.18 Å². The van der Waals surface area contributed by atoms with Gasteiger partial charge in [0.1, 0.15) is 5.82 Å². The van der Waals surface area contributed by atoms with Gasteiger partial charge < -0.3 is 19.5 Å². The maximum Gasteiger partial charge on any atom is 0.453 e. The molecule has 1 N–H and O–H groups in total. The van der Waals surface area contributed by atoms with Crippen LogP contribution in [-0.4, -0.2) is 41.1 Å². The second-order valence-corrected chi connectivity index (χ2v) is 5.40. The fourth-order valence-corrected chi connectivity index (χ4v) is 2.49. The number of fused-ring (bicyclic) bond motifs is 1. The molecule has 0 spiro atoms. The molecule has 8 nitrogen and oxygen atoms in total. The van der Waals surface area contributed by atoms with Crippen molar-refractivity contribution in [3.8, 4) is 17.2 Å². The van der Waals surface area contributed by atoms with Gasteiger partial charge in [0.25, 0.3) is 5.82 Å². The Bertz CT molecular complexity index is 933. The molecule has 0 aliphatic carbocycles. The third kappa shape index (κ3) is 3.66. The molecule has 27 heavy (non-hydrogen) atoms. The summed E-state index contributed by atoms with van der Waals surface area (Å²) in [6.07, 6.45) is -4.65. The Morgan fingerprint density at radius 2 is 1.67 bits per heavy atom. The molecule has 0 unspecified atom stereocenters.